The first-order valence-electron chi connectivity index (χ1n) is 5.78. The van der Waals surface area contributed by atoms with E-state index in [0.717, 1.165) is 34.0 Å². The first kappa shape index (κ1) is 11.6. The van der Waals surface area contributed by atoms with Crippen LogP contribution in [0.3, 0.4) is 0 Å². The highest BCUT2D eigenvalue weighted by Gasteiger charge is 2.25. The van der Waals surface area contributed by atoms with E-state index in [2.05, 4.69) is 4.98 Å². The molecule has 1 aromatic carbocycles. The van der Waals surface area contributed by atoms with Crippen LogP contribution < -0.4 is 0 Å². The van der Waals surface area contributed by atoms with Crippen LogP contribution in [0.2, 0.25) is 15.1 Å². The summed E-state index contributed by atoms with van der Waals surface area (Å²) < 4.78 is 1.97. The third-order valence-corrected chi connectivity index (χ3v) is 4.14. The molecule has 0 bridgehead atoms. The number of imidazole rings is 1. The van der Waals surface area contributed by atoms with E-state index >= 15 is 0 Å². The van der Waals surface area contributed by atoms with Gasteiger partial charge in [0, 0.05) is 23.2 Å². The second-order valence-corrected chi connectivity index (χ2v) is 5.87. The average Bonchev–Trinajstić information content (AvgIpc) is 2.85. The summed E-state index contributed by atoms with van der Waals surface area (Å²) in [4.78, 5) is 4.63. The van der Waals surface area contributed by atoms with E-state index in [-0.39, 0.29) is 0 Å². The Hall–Kier alpha value is -1.22. The average molecular weight is 310 g/mol. The Labute approximate surface area is 124 Å². The van der Waals surface area contributed by atoms with E-state index in [1.54, 1.807) is 6.07 Å². The molecule has 0 fully saturated rings. The van der Waals surface area contributed by atoms with Gasteiger partial charge in [-0.25, -0.2) is 4.98 Å². The van der Waals surface area contributed by atoms with Gasteiger partial charge in [0.25, 0.3) is 0 Å². The number of pyridine rings is 1. The van der Waals surface area contributed by atoms with Crippen molar-refractivity contribution >= 4 is 40.4 Å². The molecule has 2 nitrogen and oxygen atoms in total. The van der Waals surface area contributed by atoms with Crippen molar-refractivity contribution in [3.05, 3.63) is 56.8 Å². The lowest BCUT2D eigenvalue weighted by Gasteiger charge is -2.02. The maximum absolute atomic E-state index is 6.19. The van der Waals surface area contributed by atoms with Crippen LogP contribution in [0.1, 0.15) is 11.3 Å². The van der Waals surface area contributed by atoms with E-state index in [1.807, 2.05) is 28.8 Å². The lowest BCUT2D eigenvalue weighted by Crippen LogP contribution is -1.92. The number of fused-ring (bicyclic) bond motifs is 5. The Morgan fingerprint density at radius 3 is 2.74 bits per heavy atom. The van der Waals surface area contributed by atoms with Crippen LogP contribution in [0.5, 0.6) is 0 Å². The molecular weight excluding hydrogens is 303 g/mol. The second-order valence-electron chi connectivity index (χ2n) is 4.59. The van der Waals surface area contributed by atoms with Gasteiger partial charge >= 0.3 is 0 Å². The Bertz CT molecular complexity index is 836. The molecule has 19 heavy (non-hydrogen) atoms. The molecule has 0 aliphatic heterocycles. The molecule has 3 aromatic rings. The van der Waals surface area contributed by atoms with Crippen molar-refractivity contribution in [2.24, 2.45) is 0 Å². The highest BCUT2D eigenvalue weighted by Crippen LogP contribution is 2.39. The highest BCUT2D eigenvalue weighted by molar-refractivity contribution is 6.36. The van der Waals surface area contributed by atoms with Crippen LogP contribution in [-0.2, 0) is 6.42 Å². The SMILES string of the molecule is Clc1ccc2c(c1)Cc1c-2nc2c(Cl)cc(Cl)cn12. The lowest BCUT2D eigenvalue weighted by atomic mass is 10.1. The zero-order chi connectivity index (χ0) is 13.1. The van der Waals surface area contributed by atoms with E-state index in [0.29, 0.717) is 10.0 Å². The van der Waals surface area contributed by atoms with Crippen LogP contribution >= 0.6 is 34.8 Å². The number of halogens is 3. The van der Waals surface area contributed by atoms with Gasteiger partial charge in [-0.05, 0) is 23.8 Å². The molecule has 5 heteroatoms. The summed E-state index contributed by atoms with van der Waals surface area (Å²) in [5.41, 5.74) is 5.13. The number of nitrogens with zero attached hydrogens (tertiary/aromatic N) is 2. The lowest BCUT2D eigenvalue weighted by molar-refractivity contribution is 1.05. The molecular formula is C14H7Cl3N2. The van der Waals surface area contributed by atoms with Gasteiger partial charge in [0.1, 0.15) is 0 Å². The summed E-state index contributed by atoms with van der Waals surface area (Å²) in [6, 6.07) is 7.58. The number of hydrogen-bond acceptors (Lipinski definition) is 1. The van der Waals surface area contributed by atoms with Crippen molar-refractivity contribution in [1.82, 2.24) is 9.38 Å². The van der Waals surface area contributed by atoms with E-state index in [1.165, 1.54) is 5.56 Å². The van der Waals surface area contributed by atoms with E-state index in [9.17, 15) is 0 Å². The monoisotopic (exact) mass is 308 g/mol. The highest BCUT2D eigenvalue weighted by atomic mass is 35.5. The molecule has 2 aromatic heterocycles. The number of aromatic nitrogens is 2. The summed E-state index contributed by atoms with van der Waals surface area (Å²) in [7, 11) is 0. The van der Waals surface area contributed by atoms with Crippen LogP contribution in [0, 0.1) is 0 Å². The Morgan fingerprint density at radius 1 is 1.05 bits per heavy atom. The summed E-state index contributed by atoms with van der Waals surface area (Å²) >= 11 is 18.3. The molecule has 0 spiro atoms. The van der Waals surface area contributed by atoms with Crippen LogP contribution in [0.25, 0.3) is 16.9 Å². The van der Waals surface area contributed by atoms with Gasteiger partial charge in [-0.15, -0.1) is 0 Å². The summed E-state index contributed by atoms with van der Waals surface area (Å²) in [5, 5.41) is 1.92. The minimum absolute atomic E-state index is 0.567. The van der Waals surface area contributed by atoms with Crippen molar-refractivity contribution in [3.8, 4) is 11.3 Å². The molecule has 0 saturated carbocycles. The molecule has 0 atom stereocenters. The normalized spacial score (nSPS) is 12.8. The predicted molar refractivity (Wildman–Crippen MR) is 78.5 cm³/mol. The molecule has 0 amide bonds. The second kappa shape index (κ2) is 3.89. The molecule has 0 unspecified atom stereocenters. The fourth-order valence-electron chi connectivity index (χ4n) is 2.62. The summed E-state index contributed by atoms with van der Waals surface area (Å²) in [6.45, 7) is 0. The van der Waals surface area contributed by atoms with Crippen LogP contribution in [0.15, 0.2) is 30.5 Å². The van der Waals surface area contributed by atoms with Crippen molar-refractivity contribution < 1.29 is 0 Å². The van der Waals surface area contributed by atoms with E-state index < -0.39 is 0 Å². The molecule has 0 saturated heterocycles. The van der Waals surface area contributed by atoms with Gasteiger partial charge in [0.15, 0.2) is 5.65 Å². The van der Waals surface area contributed by atoms with Gasteiger partial charge in [0.2, 0.25) is 0 Å². The van der Waals surface area contributed by atoms with Gasteiger partial charge in [-0.2, -0.15) is 0 Å². The third kappa shape index (κ3) is 1.61. The fourth-order valence-corrected chi connectivity index (χ4v) is 3.33. The van der Waals surface area contributed by atoms with Crippen LogP contribution in [-0.4, -0.2) is 9.38 Å². The molecule has 4 rings (SSSR count). The Kier molecular flexibility index (Phi) is 2.37. The van der Waals surface area contributed by atoms with Gasteiger partial charge in [-0.3, -0.25) is 0 Å². The Morgan fingerprint density at radius 2 is 1.89 bits per heavy atom. The third-order valence-electron chi connectivity index (χ3n) is 3.42. The fraction of sp³-hybridized carbons (Fsp3) is 0.0714. The molecule has 1 aliphatic rings. The quantitative estimate of drug-likeness (QED) is 0.453. The van der Waals surface area contributed by atoms with Crippen LogP contribution in [0.4, 0.5) is 0 Å². The van der Waals surface area contributed by atoms with Crippen molar-refractivity contribution in [1.29, 1.82) is 0 Å². The smallest absolute Gasteiger partial charge is 0.156 e. The maximum Gasteiger partial charge on any atom is 0.156 e. The molecule has 0 N–H and O–H groups in total. The molecule has 1 aliphatic carbocycles. The van der Waals surface area contributed by atoms with E-state index in [4.69, 9.17) is 34.8 Å². The maximum atomic E-state index is 6.19. The predicted octanol–water partition coefficient (Wildman–Crippen LogP) is 4.87. The van der Waals surface area contributed by atoms with Crippen molar-refractivity contribution in [3.63, 3.8) is 0 Å². The minimum Gasteiger partial charge on any atom is -0.300 e. The topological polar surface area (TPSA) is 17.3 Å². The number of rotatable bonds is 0. The van der Waals surface area contributed by atoms with Gasteiger partial charge in [-0.1, -0.05) is 40.9 Å². The number of benzene rings is 1. The summed E-state index contributed by atoms with van der Waals surface area (Å²) in [5.74, 6) is 0. The number of hydrogen-bond donors (Lipinski definition) is 0. The van der Waals surface area contributed by atoms with Crippen molar-refractivity contribution in [2.45, 2.75) is 6.42 Å². The largest absolute Gasteiger partial charge is 0.300 e. The molecule has 2 heterocycles. The van der Waals surface area contributed by atoms with Gasteiger partial charge < -0.3 is 4.40 Å². The first-order valence-corrected chi connectivity index (χ1v) is 6.91. The molecule has 94 valence electrons. The van der Waals surface area contributed by atoms with Gasteiger partial charge in [0.05, 0.1) is 21.4 Å². The van der Waals surface area contributed by atoms with Crippen molar-refractivity contribution in [2.75, 3.05) is 0 Å². The summed E-state index contributed by atoms with van der Waals surface area (Å²) in [6.07, 6.45) is 2.64. The Balaban J connectivity index is 2.07. The zero-order valence-electron chi connectivity index (χ0n) is 9.62. The first-order chi connectivity index (χ1) is 9.13. The minimum atomic E-state index is 0.567. The molecule has 0 radical (unpaired) electrons. The zero-order valence-corrected chi connectivity index (χ0v) is 11.9. The standard InChI is InChI=1S/C14H7Cl3N2/c15-8-1-2-10-7(3-8)4-12-13(10)18-14-11(17)5-9(16)6-19(12)14/h1-3,5-6H,4H2.